The summed E-state index contributed by atoms with van der Waals surface area (Å²) in [5, 5.41) is 15.8. The van der Waals surface area contributed by atoms with Crippen LogP contribution in [0.4, 0.5) is 0 Å². The van der Waals surface area contributed by atoms with Gasteiger partial charge in [0.15, 0.2) is 0 Å². The lowest BCUT2D eigenvalue weighted by Gasteiger charge is -1.64. The fraction of sp³-hybridized carbons (Fsp3) is 0. The average Bonchev–Trinajstić information content (AvgIpc) is 1.72. The van der Waals surface area contributed by atoms with Crippen LogP contribution >= 0.6 is 15.9 Å². The second-order valence-corrected chi connectivity index (χ2v) is 1.09. The predicted molar refractivity (Wildman–Crippen MR) is 26.9 cm³/mol. The maximum atomic E-state index is 7.92. The molecule has 0 spiro atoms. The molecule has 0 unspecified atom stereocenters. The van der Waals surface area contributed by atoms with Gasteiger partial charge in [-0.25, -0.2) is 0 Å². The van der Waals surface area contributed by atoms with E-state index >= 15 is 0 Å². The van der Waals surface area contributed by atoms with Crippen molar-refractivity contribution >= 4 is 15.9 Å². The lowest BCUT2D eigenvalue weighted by molar-refractivity contribution is 1.46. The topological polar surface area (TPSA) is 47.6 Å². The summed E-state index contributed by atoms with van der Waals surface area (Å²) in [6.07, 6.45) is 0. The lowest BCUT2D eigenvalue weighted by atomic mass is 10.4. The van der Waals surface area contributed by atoms with Gasteiger partial charge in [0.1, 0.15) is 17.7 Å². The number of nitrogens with zero attached hydrogens (tertiary/aromatic N) is 2. The molecule has 0 aromatic carbocycles. The highest BCUT2D eigenvalue weighted by Crippen LogP contribution is 1.90. The molecule has 33 valence electrons. The molecule has 0 aromatic heterocycles. The Labute approximate surface area is 49.8 Å². The van der Waals surface area contributed by atoms with Gasteiger partial charge in [-0.05, 0) is 15.9 Å². The Morgan fingerprint density at radius 3 is 1.71 bits per heavy atom. The first-order valence-electron chi connectivity index (χ1n) is 1.39. The molecular formula is C4BrN2. The van der Waals surface area contributed by atoms with E-state index in [4.69, 9.17) is 10.5 Å². The van der Waals surface area contributed by atoms with Crippen LogP contribution in [0.15, 0.2) is 5.57 Å². The van der Waals surface area contributed by atoms with E-state index in [1.807, 2.05) is 0 Å². The molecule has 2 nitrogen and oxygen atoms in total. The normalized spacial score (nSPS) is 5.57. The van der Waals surface area contributed by atoms with E-state index in [-0.39, 0.29) is 5.57 Å². The minimum Gasteiger partial charge on any atom is -0.192 e. The van der Waals surface area contributed by atoms with Crippen LogP contribution in [0.2, 0.25) is 0 Å². The lowest BCUT2D eigenvalue weighted by Crippen LogP contribution is -1.63. The molecule has 0 rings (SSSR count). The zero-order valence-corrected chi connectivity index (χ0v) is 4.86. The van der Waals surface area contributed by atoms with E-state index in [1.165, 1.54) is 0 Å². The van der Waals surface area contributed by atoms with E-state index in [0.717, 1.165) is 0 Å². The Kier molecular flexibility index (Phi) is 3.00. The number of halogens is 1. The van der Waals surface area contributed by atoms with Gasteiger partial charge >= 0.3 is 0 Å². The van der Waals surface area contributed by atoms with Gasteiger partial charge in [0.2, 0.25) is 0 Å². The molecular weight excluding hydrogens is 156 g/mol. The predicted octanol–water partition coefficient (Wildman–Crippen LogP) is 1.12. The Balaban J connectivity index is 4.03. The summed E-state index contributed by atoms with van der Waals surface area (Å²) in [6, 6.07) is 3.20. The Bertz CT molecular complexity index is 142. The maximum absolute atomic E-state index is 7.92. The summed E-state index contributed by atoms with van der Waals surface area (Å²) >= 11 is 2.70. The molecule has 0 aliphatic carbocycles. The van der Waals surface area contributed by atoms with Gasteiger partial charge in [-0.1, -0.05) is 0 Å². The van der Waals surface area contributed by atoms with Crippen LogP contribution in [0, 0.1) is 27.6 Å². The molecule has 0 bridgehead atoms. The van der Waals surface area contributed by atoms with Crippen molar-refractivity contribution in [3.8, 4) is 12.1 Å². The highest BCUT2D eigenvalue weighted by molar-refractivity contribution is 9.10. The SMILES string of the molecule is N#CC(=[C]Br)C#N. The van der Waals surface area contributed by atoms with Gasteiger partial charge in [-0.3, -0.25) is 0 Å². The first-order chi connectivity index (χ1) is 3.35. The Hall–Kier alpha value is -0.800. The fourth-order valence-electron chi connectivity index (χ4n) is 0.0673. The molecule has 0 amide bonds. The highest BCUT2D eigenvalue weighted by Gasteiger charge is 1.84. The number of allylic oxidation sites excluding steroid dienone is 1. The molecule has 0 aliphatic rings. The van der Waals surface area contributed by atoms with Gasteiger partial charge in [-0.2, -0.15) is 10.5 Å². The van der Waals surface area contributed by atoms with Crippen LogP contribution in [0.25, 0.3) is 0 Å². The summed E-state index contributed by atoms with van der Waals surface area (Å²) in [7, 11) is 0. The smallest absolute Gasteiger partial charge is 0.145 e. The van der Waals surface area contributed by atoms with Crippen molar-refractivity contribution in [2.45, 2.75) is 0 Å². The quantitative estimate of drug-likeness (QED) is 0.493. The monoisotopic (exact) mass is 155 g/mol. The van der Waals surface area contributed by atoms with Crippen molar-refractivity contribution in [2.75, 3.05) is 0 Å². The molecule has 3 heteroatoms. The standard InChI is InChI=1S/C4BrN2/c5-1-4(2-6)3-7. The molecule has 1 radical (unpaired) electrons. The zero-order chi connectivity index (χ0) is 5.70. The number of rotatable bonds is 0. The van der Waals surface area contributed by atoms with Crippen molar-refractivity contribution in [1.82, 2.24) is 0 Å². The molecule has 0 saturated heterocycles. The van der Waals surface area contributed by atoms with Crippen LogP contribution in [0.5, 0.6) is 0 Å². The van der Waals surface area contributed by atoms with Crippen molar-refractivity contribution in [3.05, 3.63) is 10.6 Å². The fourth-order valence-corrected chi connectivity index (χ4v) is 0.245. The largest absolute Gasteiger partial charge is 0.192 e. The first-order valence-corrected chi connectivity index (χ1v) is 2.18. The van der Waals surface area contributed by atoms with E-state index in [0.29, 0.717) is 0 Å². The number of hydrogen-bond donors (Lipinski definition) is 0. The van der Waals surface area contributed by atoms with Gasteiger partial charge < -0.3 is 0 Å². The molecule has 0 aromatic rings. The molecule has 0 aliphatic heterocycles. The summed E-state index contributed by atoms with van der Waals surface area (Å²) in [5.74, 6) is 0. The summed E-state index contributed by atoms with van der Waals surface area (Å²) in [4.78, 5) is 2.21. The minimum atomic E-state index is -0.0417. The van der Waals surface area contributed by atoms with Crippen LogP contribution in [0.3, 0.4) is 0 Å². The Morgan fingerprint density at radius 1 is 1.29 bits per heavy atom. The van der Waals surface area contributed by atoms with Crippen LogP contribution in [0.1, 0.15) is 0 Å². The minimum absolute atomic E-state index is 0.0417. The van der Waals surface area contributed by atoms with Crippen molar-refractivity contribution < 1.29 is 0 Å². The molecule has 0 saturated carbocycles. The van der Waals surface area contributed by atoms with Crippen LogP contribution in [-0.4, -0.2) is 0 Å². The van der Waals surface area contributed by atoms with E-state index in [9.17, 15) is 0 Å². The van der Waals surface area contributed by atoms with Gasteiger partial charge in [0.25, 0.3) is 0 Å². The first kappa shape index (κ1) is 6.20. The van der Waals surface area contributed by atoms with Crippen molar-refractivity contribution in [1.29, 1.82) is 10.5 Å². The molecule has 0 N–H and O–H groups in total. The third-order valence-corrected chi connectivity index (χ3v) is 0.715. The number of hydrogen-bond acceptors (Lipinski definition) is 2. The third kappa shape index (κ3) is 1.97. The van der Waals surface area contributed by atoms with E-state index < -0.39 is 0 Å². The number of nitriles is 2. The zero-order valence-electron chi connectivity index (χ0n) is 3.27. The second kappa shape index (κ2) is 3.39. The van der Waals surface area contributed by atoms with Crippen LogP contribution in [-0.2, 0) is 0 Å². The van der Waals surface area contributed by atoms with Gasteiger partial charge in [0, 0.05) is 0 Å². The third-order valence-electron chi connectivity index (χ3n) is 0.318. The highest BCUT2D eigenvalue weighted by atomic mass is 79.9. The molecule has 0 atom stereocenters. The van der Waals surface area contributed by atoms with Crippen LogP contribution < -0.4 is 0 Å². The van der Waals surface area contributed by atoms with E-state index in [2.05, 4.69) is 20.9 Å². The van der Waals surface area contributed by atoms with Gasteiger partial charge in [0.05, 0.1) is 4.99 Å². The second-order valence-electron chi connectivity index (χ2n) is 0.693. The van der Waals surface area contributed by atoms with Gasteiger partial charge in [-0.15, -0.1) is 0 Å². The Morgan fingerprint density at radius 2 is 1.71 bits per heavy atom. The van der Waals surface area contributed by atoms with Crippen molar-refractivity contribution in [2.24, 2.45) is 0 Å². The molecule has 0 fully saturated rings. The summed E-state index contributed by atoms with van der Waals surface area (Å²) in [6.45, 7) is 0. The summed E-state index contributed by atoms with van der Waals surface area (Å²) < 4.78 is 0. The molecule has 0 heterocycles. The van der Waals surface area contributed by atoms with Crippen molar-refractivity contribution in [3.63, 3.8) is 0 Å². The summed E-state index contributed by atoms with van der Waals surface area (Å²) in [5.41, 5.74) is -0.0417. The molecule has 7 heavy (non-hydrogen) atoms. The average molecular weight is 156 g/mol. The maximum Gasteiger partial charge on any atom is 0.145 e. The van der Waals surface area contributed by atoms with E-state index in [1.54, 1.807) is 12.1 Å².